The van der Waals surface area contributed by atoms with E-state index in [4.69, 9.17) is 0 Å². The summed E-state index contributed by atoms with van der Waals surface area (Å²) in [5.74, 6) is 0. The van der Waals surface area contributed by atoms with E-state index in [2.05, 4.69) is 20.7 Å². The Hall–Kier alpha value is -2.11. The zero-order valence-electron chi connectivity index (χ0n) is 10.7. The third-order valence-corrected chi connectivity index (χ3v) is 3.44. The van der Waals surface area contributed by atoms with Crippen molar-refractivity contribution < 1.29 is 4.79 Å². The number of hydrogen-bond donors (Lipinski definition) is 2. The molecule has 1 aliphatic carbocycles. The average Bonchev–Trinajstić information content (AvgIpc) is 2.87. The van der Waals surface area contributed by atoms with Gasteiger partial charge >= 0.3 is 6.03 Å². The van der Waals surface area contributed by atoms with Gasteiger partial charge in [-0.15, -0.1) is 0 Å². The van der Waals surface area contributed by atoms with Crippen molar-refractivity contribution in [3.8, 4) is 0 Å². The third kappa shape index (κ3) is 2.83. The molecule has 6 nitrogen and oxygen atoms in total. The summed E-state index contributed by atoms with van der Waals surface area (Å²) in [5, 5.41) is 9.88. The van der Waals surface area contributed by atoms with Gasteiger partial charge in [-0.1, -0.05) is 19.3 Å². The van der Waals surface area contributed by atoms with Crippen molar-refractivity contribution in [2.45, 2.75) is 38.1 Å². The zero-order valence-corrected chi connectivity index (χ0v) is 10.7. The fourth-order valence-corrected chi connectivity index (χ4v) is 2.47. The topological polar surface area (TPSA) is 71.3 Å². The highest BCUT2D eigenvalue weighted by Gasteiger charge is 2.15. The lowest BCUT2D eigenvalue weighted by Gasteiger charge is -2.22. The first-order chi connectivity index (χ1) is 9.31. The lowest BCUT2D eigenvalue weighted by molar-refractivity contribution is 0.244. The Kier molecular flexibility index (Phi) is 3.31. The molecule has 100 valence electrons. The molecule has 0 spiro atoms. The molecule has 2 amide bonds. The molecule has 2 aromatic heterocycles. The molecule has 0 aliphatic heterocycles. The van der Waals surface area contributed by atoms with Gasteiger partial charge in [0.2, 0.25) is 0 Å². The van der Waals surface area contributed by atoms with E-state index < -0.39 is 0 Å². The Morgan fingerprint density at radius 1 is 1.32 bits per heavy atom. The molecule has 0 unspecified atom stereocenters. The van der Waals surface area contributed by atoms with E-state index in [1.807, 2.05) is 6.07 Å². The first kappa shape index (κ1) is 12.0. The first-order valence-electron chi connectivity index (χ1n) is 6.68. The Labute approximate surface area is 111 Å². The van der Waals surface area contributed by atoms with Crippen LogP contribution in [0.15, 0.2) is 24.7 Å². The molecule has 1 saturated carbocycles. The van der Waals surface area contributed by atoms with Crippen LogP contribution in [0.4, 0.5) is 10.5 Å². The van der Waals surface area contributed by atoms with E-state index in [-0.39, 0.29) is 6.03 Å². The zero-order chi connectivity index (χ0) is 13.1. The molecule has 1 fully saturated rings. The quantitative estimate of drug-likeness (QED) is 0.868. The molecule has 19 heavy (non-hydrogen) atoms. The predicted molar refractivity (Wildman–Crippen MR) is 72.0 cm³/mol. The van der Waals surface area contributed by atoms with E-state index in [1.165, 1.54) is 19.3 Å². The largest absolute Gasteiger partial charge is 0.335 e. The van der Waals surface area contributed by atoms with Gasteiger partial charge in [0.25, 0.3) is 0 Å². The Balaban J connectivity index is 1.61. The summed E-state index contributed by atoms with van der Waals surface area (Å²) < 4.78 is 1.64. The number of carbonyl (C=O) groups excluding carboxylic acids is 1. The average molecular weight is 259 g/mol. The second-order valence-corrected chi connectivity index (χ2v) is 4.91. The minimum Gasteiger partial charge on any atom is -0.335 e. The summed E-state index contributed by atoms with van der Waals surface area (Å²) in [6.07, 6.45) is 10.9. The van der Waals surface area contributed by atoms with Crippen LogP contribution in [0.2, 0.25) is 0 Å². The monoisotopic (exact) mass is 259 g/mol. The second kappa shape index (κ2) is 5.26. The van der Waals surface area contributed by atoms with Gasteiger partial charge in [0.1, 0.15) is 0 Å². The van der Waals surface area contributed by atoms with Crippen molar-refractivity contribution in [3.63, 3.8) is 0 Å². The molecular weight excluding hydrogens is 242 g/mol. The number of nitrogens with one attached hydrogen (secondary N) is 2. The molecule has 6 heteroatoms. The number of urea groups is 1. The van der Waals surface area contributed by atoms with Gasteiger partial charge < -0.3 is 10.6 Å². The van der Waals surface area contributed by atoms with Gasteiger partial charge in [-0.2, -0.15) is 5.10 Å². The van der Waals surface area contributed by atoms with Crippen molar-refractivity contribution in [1.29, 1.82) is 0 Å². The minimum atomic E-state index is -0.166. The fraction of sp³-hybridized carbons (Fsp3) is 0.462. The highest BCUT2D eigenvalue weighted by molar-refractivity contribution is 5.89. The van der Waals surface area contributed by atoms with Crippen LogP contribution in [0.5, 0.6) is 0 Å². The molecule has 0 saturated heterocycles. The summed E-state index contributed by atoms with van der Waals surface area (Å²) in [5.41, 5.74) is 1.41. The van der Waals surface area contributed by atoms with Crippen LogP contribution in [0.25, 0.3) is 5.65 Å². The van der Waals surface area contributed by atoms with Crippen LogP contribution in [0.3, 0.4) is 0 Å². The molecule has 2 heterocycles. The summed E-state index contributed by atoms with van der Waals surface area (Å²) in [7, 11) is 0. The number of amides is 2. The van der Waals surface area contributed by atoms with Crippen LogP contribution < -0.4 is 10.6 Å². The maximum Gasteiger partial charge on any atom is 0.319 e. The van der Waals surface area contributed by atoms with Gasteiger partial charge in [-0.25, -0.2) is 14.3 Å². The van der Waals surface area contributed by atoms with Crippen molar-refractivity contribution >= 4 is 17.4 Å². The number of hydrogen-bond acceptors (Lipinski definition) is 3. The molecule has 0 bridgehead atoms. The summed E-state index contributed by atoms with van der Waals surface area (Å²) in [6.45, 7) is 0. The lowest BCUT2D eigenvalue weighted by Crippen LogP contribution is -2.39. The lowest BCUT2D eigenvalue weighted by atomic mass is 9.96. The smallest absolute Gasteiger partial charge is 0.319 e. The third-order valence-electron chi connectivity index (χ3n) is 3.44. The molecule has 0 aromatic carbocycles. The summed E-state index contributed by atoms with van der Waals surface area (Å²) in [6, 6.07) is 1.95. The molecule has 2 aromatic rings. The van der Waals surface area contributed by atoms with E-state index in [1.54, 1.807) is 23.1 Å². The Morgan fingerprint density at radius 2 is 2.16 bits per heavy atom. The number of nitrogens with zero attached hydrogens (tertiary/aromatic N) is 3. The van der Waals surface area contributed by atoms with Crippen molar-refractivity contribution in [1.82, 2.24) is 19.9 Å². The SMILES string of the molecule is O=C(Nc1cnc2ccnn2c1)NC1CCCCC1. The molecule has 0 radical (unpaired) electrons. The van der Waals surface area contributed by atoms with Gasteiger partial charge in [0.15, 0.2) is 5.65 Å². The number of aromatic nitrogens is 3. The van der Waals surface area contributed by atoms with Gasteiger partial charge in [0.05, 0.1) is 24.3 Å². The highest BCUT2D eigenvalue weighted by atomic mass is 16.2. The molecule has 2 N–H and O–H groups in total. The number of fused-ring (bicyclic) bond motifs is 1. The van der Waals surface area contributed by atoms with Crippen LogP contribution in [0.1, 0.15) is 32.1 Å². The van der Waals surface area contributed by atoms with E-state index in [0.29, 0.717) is 11.7 Å². The van der Waals surface area contributed by atoms with E-state index in [0.717, 1.165) is 18.5 Å². The van der Waals surface area contributed by atoms with Crippen LogP contribution in [0, 0.1) is 0 Å². The predicted octanol–water partition coefficient (Wildman–Crippen LogP) is 2.18. The maximum absolute atomic E-state index is 11.9. The Morgan fingerprint density at radius 3 is 3.00 bits per heavy atom. The molecule has 3 rings (SSSR count). The first-order valence-corrected chi connectivity index (χ1v) is 6.68. The fourth-order valence-electron chi connectivity index (χ4n) is 2.47. The Bertz CT molecular complexity index is 573. The number of rotatable bonds is 2. The van der Waals surface area contributed by atoms with Crippen LogP contribution in [-0.2, 0) is 0 Å². The summed E-state index contributed by atoms with van der Waals surface area (Å²) >= 11 is 0. The van der Waals surface area contributed by atoms with Crippen molar-refractivity contribution in [2.24, 2.45) is 0 Å². The highest BCUT2D eigenvalue weighted by Crippen LogP contribution is 2.17. The number of anilines is 1. The molecule has 1 aliphatic rings. The van der Waals surface area contributed by atoms with Gasteiger partial charge in [-0.05, 0) is 12.8 Å². The minimum absolute atomic E-state index is 0.166. The van der Waals surface area contributed by atoms with Gasteiger partial charge in [-0.3, -0.25) is 0 Å². The van der Waals surface area contributed by atoms with E-state index in [9.17, 15) is 4.79 Å². The molecule has 0 atom stereocenters. The second-order valence-electron chi connectivity index (χ2n) is 4.91. The van der Waals surface area contributed by atoms with Crippen LogP contribution in [-0.4, -0.2) is 26.7 Å². The number of carbonyl (C=O) groups is 1. The van der Waals surface area contributed by atoms with Crippen molar-refractivity contribution in [2.75, 3.05) is 5.32 Å². The standard InChI is InChI=1S/C13H17N5O/c19-13(16-10-4-2-1-3-5-10)17-11-8-14-12-6-7-15-18(12)9-11/h6-10H,1-5H2,(H2,16,17,19). The maximum atomic E-state index is 11.9. The van der Waals surface area contributed by atoms with Crippen LogP contribution >= 0.6 is 0 Å². The van der Waals surface area contributed by atoms with Crippen molar-refractivity contribution in [3.05, 3.63) is 24.7 Å². The van der Waals surface area contributed by atoms with Gasteiger partial charge in [0, 0.05) is 12.1 Å². The molecular formula is C13H17N5O. The van der Waals surface area contributed by atoms with E-state index >= 15 is 0 Å². The normalized spacial score (nSPS) is 16.4. The summed E-state index contributed by atoms with van der Waals surface area (Å²) in [4.78, 5) is 16.1.